The fraction of sp³-hybridized carbons (Fsp3) is 0.867. The van der Waals surface area contributed by atoms with Crippen LogP contribution in [0.5, 0.6) is 0 Å². The van der Waals surface area contributed by atoms with E-state index in [-0.39, 0.29) is 6.09 Å². The lowest BCUT2D eigenvalue weighted by Gasteiger charge is -2.26. The Hall–Kier alpha value is -1.34. The Morgan fingerprint density at radius 2 is 2.00 bits per heavy atom. The van der Waals surface area contributed by atoms with Crippen LogP contribution in [0, 0.1) is 17.8 Å². The van der Waals surface area contributed by atoms with Gasteiger partial charge in [-0.2, -0.15) is 0 Å². The molecule has 1 saturated carbocycles. The zero-order chi connectivity index (χ0) is 16.3. The van der Waals surface area contributed by atoms with Crippen LogP contribution in [0.4, 0.5) is 4.79 Å². The number of amides is 1. The Balaban J connectivity index is 1.53. The minimum atomic E-state index is -1.55. The van der Waals surface area contributed by atoms with Crippen LogP contribution < -0.4 is 0 Å². The van der Waals surface area contributed by atoms with E-state index in [9.17, 15) is 15.0 Å². The lowest BCUT2D eigenvalue weighted by molar-refractivity contribution is -0.189. The fourth-order valence-electron chi connectivity index (χ4n) is 3.40. The Bertz CT molecular complexity index is 501. The first-order chi connectivity index (χ1) is 10.1. The number of nitrogens with zero attached hydrogens (tertiary/aromatic N) is 2. The minimum Gasteiger partial charge on any atom is -0.444 e. The van der Waals surface area contributed by atoms with Crippen LogP contribution in [-0.4, -0.2) is 57.5 Å². The molecule has 2 aliphatic heterocycles. The number of hydrogen-bond acceptors (Lipinski definition) is 6. The number of aliphatic hydroxyl groups excluding tert-OH is 1. The van der Waals surface area contributed by atoms with Crippen molar-refractivity contribution in [1.29, 1.82) is 0 Å². The van der Waals surface area contributed by atoms with E-state index < -0.39 is 17.5 Å². The van der Waals surface area contributed by atoms with Gasteiger partial charge in [0.2, 0.25) is 0 Å². The summed E-state index contributed by atoms with van der Waals surface area (Å²) in [5, 5.41) is 22.7. The summed E-state index contributed by atoms with van der Waals surface area (Å²) in [6.07, 6.45) is -1.39. The molecule has 22 heavy (non-hydrogen) atoms. The number of oxime groups is 1. The molecule has 0 aromatic heterocycles. The van der Waals surface area contributed by atoms with E-state index in [2.05, 4.69) is 5.16 Å². The molecule has 3 atom stereocenters. The number of fused-ring (bicyclic) bond motifs is 1. The predicted molar refractivity (Wildman–Crippen MR) is 78.0 cm³/mol. The van der Waals surface area contributed by atoms with Crippen molar-refractivity contribution in [3.8, 4) is 0 Å². The van der Waals surface area contributed by atoms with E-state index in [0.717, 1.165) is 5.71 Å². The molecule has 0 spiro atoms. The third kappa shape index (κ3) is 2.67. The van der Waals surface area contributed by atoms with Crippen molar-refractivity contribution in [2.75, 3.05) is 13.1 Å². The maximum Gasteiger partial charge on any atom is 0.410 e. The number of piperidine rings is 1. The van der Waals surface area contributed by atoms with E-state index in [1.807, 2.05) is 20.8 Å². The monoisotopic (exact) mass is 312 g/mol. The number of aliphatic hydroxyl groups is 2. The highest BCUT2D eigenvalue weighted by molar-refractivity contribution is 5.91. The van der Waals surface area contributed by atoms with Gasteiger partial charge in [-0.05, 0) is 39.5 Å². The van der Waals surface area contributed by atoms with Gasteiger partial charge >= 0.3 is 6.09 Å². The molecule has 2 heterocycles. The summed E-state index contributed by atoms with van der Waals surface area (Å²) in [5.41, 5.74) is -0.641. The molecule has 0 bridgehead atoms. The number of ether oxygens (including phenoxy) is 1. The van der Waals surface area contributed by atoms with Crippen molar-refractivity contribution in [2.45, 2.75) is 51.6 Å². The molecule has 2 fully saturated rings. The third-order valence-electron chi connectivity index (χ3n) is 4.68. The molecule has 124 valence electrons. The second-order valence-electron chi connectivity index (χ2n) is 7.78. The standard InChI is InChI=1S/C15H24N2O5/c1-14(2,3)21-13(20)17-6-8-9(7-17)11(8)10-5-15(4,12(18)19)22-16-10/h8-9,11-12,18-19H,5-7H2,1-4H3. The van der Waals surface area contributed by atoms with Crippen LogP contribution in [0.2, 0.25) is 0 Å². The topological polar surface area (TPSA) is 91.6 Å². The molecule has 7 heteroatoms. The molecule has 1 saturated heterocycles. The molecule has 3 rings (SSSR count). The van der Waals surface area contributed by atoms with E-state index in [1.54, 1.807) is 11.8 Å². The van der Waals surface area contributed by atoms with Gasteiger partial charge in [0.05, 0.1) is 5.71 Å². The van der Waals surface area contributed by atoms with Gasteiger partial charge in [0.25, 0.3) is 0 Å². The van der Waals surface area contributed by atoms with Gasteiger partial charge in [0.15, 0.2) is 11.9 Å². The summed E-state index contributed by atoms with van der Waals surface area (Å²) >= 11 is 0. The molecule has 3 aliphatic rings. The largest absolute Gasteiger partial charge is 0.444 e. The van der Waals surface area contributed by atoms with Crippen LogP contribution in [0.15, 0.2) is 5.16 Å². The van der Waals surface area contributed by atoms with Gasteiger partial charge < -0.3 is 24.7 Å². The minimum absolute atomic E-state index is 0.265. The number of carbonyl (C=O) groups is 1. The van der Waals surface area contributed by atoms with Gasteiger partial charge in [-0.15, -0.1) is 0 Å². The van der Waals surface area contributed by atoms with E-state index >= 15 is 0 Å². The molecular weight excluding hydrogens is 288 g/mol. The molecule has 0 aromatic carbocycles. The van der Waals surface area contributed by atoms with Crippen LogP contribution in [0.3, 0.4) is 0 Å². The molecule has 1 amide bonds. The van der Waals surface area contributed by atoms with Crippen molar-refractivity contribution in [3.63, 3.8) is 0 Å². The second kappa shape index (κ2) is 4.83. The third-order valence-corrected chi connectivity index (χ3v) is 4.68. The lowest BCUT2D eigenvalue weighted by atomic mass is 9.95. The Kier molecular flexibility index (Phi) is 3.41. The quantitative estimate of drug-likeness (QED) is 0.741. The summed E-state index contributed by atoms with van der Waals surface area (Å²) in [6, 6.07) is 0. The van der Waals surface area contributed by atoms with Gasteiger partial charge in [-0.1, -0.05) is 5.16 Å². The molecule has 7 nitrogen and oxygen atoms in total. The summed E-state index contributed by atoms with van der Waals surface area (Å²) in [5.74, 6) is 1.06. The Morgan fingerprint density at radius 3 is 2.45 bits per heavy atom. The molecular formula is C15H24N2O5. The summed E-state index contributed by atoms with van der Waals surface area (Å²) < 4.78 is 5.38. The summed E-state index contributed by atoms with van der Waals surface area (Å²) in [7, 11) is 0. The first kappa shape index (κ1) is 15.6. The van der Waals surface area contributed by atoms with Crippen molar-refractivity contribution in [1.82, 2.24) is 4.90 Å². The maximum atomic E-state index is 12.0. The number of rotatable bonds is 2. The van der Waals surface area contributed by atoms with E-state index in [1.165, 1.54) is 0 Å². The van der Waals surface area contributed by atoms with Gasteiger partial charge in [-0.25, -0.2) is 4.79 Å². The Labute approximate surface area is 129 Å². The smallest absolute Gasteiger partial charge is 0.410 e. The SMILES string of the molecule is CC(C)(C)OC(=O)N1CC2C(C1)C2C1=NOC(C)(C(O)O)C1. The molecule has 2 N–H and O–H groups in total. The normalized spacial score (nSPS) is 37.0. The fourth-order valence-corrected chi connectivity index (χ4v) is 3.40. The van der Waals surface area contributed by atoms with Gasteiger partial charge in [-0.3, -0.25) is 0 Å². The highest BCUT2D eigenvalue weighted by Gasteiger charge is 2.61. The highest BCUT2D eigenvalue weighted by Crippen LogP contribution is 2.54. The van der Waals surface area contributed by atoms with Crippen LogP contribution in [0.25, 0.3) is 0 Å². The average molecular weight is 312 g/mol. The Morgan fingerprint density at radius 1 is 1.41 bits per heavy atom. The van der Waals surface area contributed by atoms with Crippen LogP contribution in [0.1, 0.15) is 34.1 Å². The zero-order valence-electron chi connectivity index (χ0n) is 13.4. The highest BCUT2D eigenvalue weighted by atomic mass is 16.7. The number of hydrogen-bond donors (Lipinski definition) is 2. The van der Waals surface area contributed by atoms with E-state index in [4.69, 9.17) is 9.57 Å². The molecule has 0 radical (unpaired) electrons. The predicted octanol–water partition coefficient (Wildman–Crippen LogP) is 0.945. The first-order valence-electron chi connectivity index (χ1n) is 7.70. The lowest BCUT2D eigenvalue weighted by Crippen LogP contribution is -2.40. The van der Waals surface area contributed by atoms with Crippen molar-refractivity contribution >= 4 is 11.8 Å². The number of carbonyl (C=O) groups excluding carboxylic acids is 1. The van der Waals surface area contributed by atoms with Gasteiger partial charge in [0.1, 0.15) is 5.60 Å². The average Bonchev–Trinajstić information content (AvgIpc) is 2.76. The molecule has 0 aromatic rings. The molecule has 3 unspecified atom stereocenters. The molecule has 1 aliphatic carbocycles. The second-order valence-corrected chi connectivity index (χ2v) is 7.78. The van der Waals surface area contributed by atoms with Crippen LogP contribution >= 0.6 is 0 Å². The van der Waals surface area contributed by atoms with Crippen molar-refractivity contribution in [2.24, 2.45) is 22.9 Å². The summed E-state index contributed by atoms with van der Waals surface area (Å²) in [6.45, 7) is 8.55. The zero-order valence-corrected chi connectivity index (χ0v) is 13.4. The van der Waals surface area contributed by atoms with E-state index in [0.29, 0.717) is 37.3 Å². The van der Waals surface area contributed by atoms with Crippen molar-refractivity contribution in [3.05, 3.63) is 0 Å². The number of likely N-dealkylation sites (tertiary alicyclic amines) is 1. The summed E-state index contributed by atoms with van der Waals surface area (Å²) in [4.78, 5) is 19.0. The maximum absolute atomic E-state index is 12.0. The van der Waals surface area contributed by atoms with Crippen LogP contribution in [-0.2, 0) is 9.57 Å². The van der Waals surface area contributed by atoms with Gasteiger partial charge in [0, 0.05) is 25.4 Å². The first-order valence-corrected chi connectivity index (χ1v) is 7.70. The van der Waals surface area contributed by atoms with Crippen molar-refractivity contribution < 1.29 is 24.6 Å².